The van der Waals surface area contributed by atoms with Crippen LogP contribution in [0.25, 0.3) is 17.1 Å². The fraction of sp³-hybridized carbons (Fsp3) is 0.192. The largest absolute Gasteiger partial charge is 0.377 e. The van der Waals surface area contributed by atoms with Crippen molar-refractivity contribution in [3.63, 3.8) is 0 Å². The Morgan fingerprint density at radius 3 is 2.27 bits per heavy atom. The summed E-state index contributed by atoms with van der Waals surface area (Å²) in [4.78, 5) is 12.4. The van der Waals surface area contributed by atoms with Gasteiger partial charge in [0, 0.05) is 24.4 Å². The van der Waals surface area contributed by atoms with E-state index in [9.17, 15) is 4.79 Å². The second-order valence-corrected chi connectivity index (χ2v) is 8.32. The zero-order valence-corrected chi connectivity index (χ0v) is 19.1. The minimum Gasteiger partial charge on any atom is -0.377 e. The van der Waals surface area contributed by atoms with Gasteiger partial charge < -0.3 is 10.1 Å². The predicted molar refractivity (Wildman–Crippen MR) is 131 cm³/mol. The number of carbonyl (C=O) groups excluding carboxylic acids is 1. The van der Waals surface area contributed by atoms with E-state index in [1.807, 2.05) is 95.6 Å². The van der Waals surface area contributed by atoms with Gasteiger partial charge in [0.25, 0.3) is 0 Å². The number of hydrogen-bond acceptors (Lipinski definition) is 5. The molecule has 6 nitrogen and oxygen atoms in total. The molecule has 0 atom stereocenters. The van der Waals surface area contributed by atoms with Gasteiger partial charge in [0.05, 0.1) is 12.4 Å². The van der Waals surface area contributed by atoms with Crippen molar-refractivity contribution in [1.82, 2.24) is 20.1 Å². The van der Waals surface area contributed by atoms with Gasteiger partial charge in [0.1, 0.15) is 0 Å². The highest BCUT2D eigenvalue weighted by Crippen LogP contribution is 2.27. The molecule has 0 aliphatic rings. The lowest BCUT2D eigenvalue weighted by atomic mass is 10.2. The van der Waals surface area contributed by atoms with E-state index in [2.05, 4.69) is 15.5 Å². The van der Waals surface area contributed by atoms with Gasteiger partial charge in [-0.2, -0.15) is 0 Å². The van der Waals surface area contributed by atoms with Crippen LogP contribution in [-0.4, -0.2) is 39.6 Å². The summed E-state index contributed by atoms with van der Waals surface area (Å²) in [6.07, 6.45) is 0.765. The Hall–Kier alpha value is -3.42. The minimum absolute atomic E-state index is 0.0352. The topological polar surface area (TPSA) is 69.0 Å². The van der Waals surface area contributed by atoms with Gasteiger partial charge >= 0.3 is 0 Å². The van der Waals surface area contributed by atoms with Crippen LogP contribution in [0.1, 0.15) is 12.0 Å². The molecule has 7 heteroatoms. The molecule has 4 rings (SSSR count). The van der Waals surface area contributed by atoms with Crippen molar-refractivity contribution in [2.45, 2.75) is 18.2 Å². The van der Waals surface area contributed by atoms with Crippen molar-refractivity contribution in [2.75, 3.05) is 18.9 Å². The van der Waals surface area contributed by atoms with Crippen LogP contribution >= 0.6 is 11.8 Å². The number of thioether (sulfide) groups is 1. The molecule has 33 heavy (non-hydrogen) atoms. The van der Waals surface area contributed by atoms with Crippen molar-refractivity contribution in [1.29, 1.82) is 0 Å². The number of nitrogens with zero attached hydrogens (tertiary/aromatic N) is 3. The van der Waals surface area contributed by atoms with Crippen LogP contribution in [0.3, 0.4) is 0 Å². The van der Waals surface area contributed by atoms with Gasteiger partial charge in [-0.25, -0.2) is 0 Å². The molecule has 0 fully saturated rings. The molecule has 0 aliphatic carbocycles. The van der Waals surface area contributed by atoms with E-state index in [0.717, 1.165) is 29.1 Å². The summed E-state index contributed by atoms with van der Waals surface area (Å²) < 4.78 is 7.65. The molecule has 4 aromatic rings. The van der Waals surface area contributed by atoms with Gasteiger partial charge in [-0.05, 0) is 24.1 Å². The van der Waals surface area contributed by atoms with E-state index in [4.69, 9.17) is 4.74 Å². The summed E-state index contributed by atoms with van der Waals surface area (Å²) >= 11 is 1.38. The standard InChI is InChI=1S/C26H26N4O2S/c31-24(27-17-10-18-32-19-21-11-4-1-5-12-21)20-33-26-29-28-25(22-13-6-2-7-14-22)30(26)23-15-8-3-9-16-23/h1-9,11-16H,10,17-20H2,(H,27,31). The van der Waals surface area contributed by atoms with E-state index in [1.54, 1.807) is 0 Å². The first kappa shape index (κ1) is 22.8. The first-order valence-corrected chi connectivity index (χ1v) is 11.9. The number of aromatic nitrogens is 3. The highest BCUT2D eigenvalue weighted by molar-refractivity contribution is 7.99. The fourth-order valence-corrected chi connectivity index (χ4v) is 4.08. The zero-order chi connectivity index (χ0) is 22.7. The van der Waals surface area contributed by atoms with Crippen LogP contribution < -0.4 is 5.32 Å². The summed E-state index contributed by atoms with van der Waals surface area (Å²) in [5.41, 5.74) is 3.08. The predicted octanol–water partition coefficient (Wildman–Crippen LogP) is 4.75. The smallest absolute Gasteiger partial charge is 0.230 e. The molecule has 0 aliphatic heterocycles. The molecule has 0 unspecified atom stereocenters. The molecule has 0 bridgehead atoms. The quantitative estimate of drug-likeness (QED) is 0.259. The Morgan fingerprint density at radius 1 is 0.879 bits per heavy atom. The summed E-state index contributed by atoms with van der Waals surface area (Å²) in [5, 5.41) is 12.4. The molecule has 1 N–H and O–H groups in total. The summed E-state index contributed by atoms with van der Waals surface area (Å²) in [6.45, 7) is 1.77. The van der Waals surface area contributed by atoms with Crippen LogP contribution in [0.15, 0.2) is 96.2 Å². The van der Waals surface area contributed by atoms with Gasteiger partial charge in [0.2, 0.25) is 5.91 Å². The Balaban J connectivity index is 1.29. The highest BCUT2D eigenvalue weighted by atomic mass is 32.2. The number of rotatable bonds is 11. The van der Waals surface area contributed by atoms with Gasteiger partial charge in [0.15, 0.2) is 11.0 Å². The molecular formula is C26H26N4O2S. The normalized spacial score (nSPS) is 10.8. The van der Waals surface area contributed by atoms with Crippen molar-refractivity contribution < 1.29 is 9.53 Å². The second kappa shape index (κ2) is 12.0. The van der Waals surface area contributed by atoms with Crippen LogP contribution in [-0.2, 0) is 16.1 Å². The van der Waals surface area contributed by atoms with Crippen molar-refractivity contribution in [3.05, 3.63) is 96.6 Å². The maximum atomic E-state index is 12.4. The maximum absolute atomic E-state index is 12.4. The van der Waals surface area contributed by atoms with E-state index in [-0.39, 0.29) is 11.7 Å². The molecule has 0 saturated heterocycles. The number of carbonyl (C=O) groups is 1. The van der Waals surface area contributed by atoms with Gasteiger partial charge in [-0.15, -0.1) is 10.2 Å². The summed E-state index contributed by atoms with van der Waals surface area (Å²) in [5.74, 6) is 0.983. The Bertz CT molecular complexity index is 1130. The van der Waals surface area contributed by atoms with Crippen molar-refractivity contribution >= 4 is 17.7 Å². The third-order valence-corrected chi connectivity index (χ3v) is 5.84. The van der Waals surface area contributed by atoms with Crippen LogP contribution in [0.2, 0.25) is 0 Å². The number of amides is 1. The number of hydrogen-bond donors (Lipinski definition) is 1. The maximum Gasteiger partial charge on any atom is 0.230 e. The van der Waals surface area contributed by atoms with Gasteiger partial charge in [-0.3, -0.25) is 9.36 Å². The lowest BCUT2D eigenvalue weighted by Gasteiger charge is -2.10. The lowest BCUT2D eigenvalue weighted by molar-refractivity contribution is -0.118. The van der Waals surface area contributed by atoms with Crippen LogP contribution in [0.5, 0.6) is 0 Å². The minimum atomic E-state index is -0.0352. The summed E-state index contributed by atoms with van der Waals surface area (Å²) in [6, 6.07) is 29.9. The second-order valence-electron chi connectivity index (χ2n) is 7.37. The lowest BCUT2D eigenvalue weighted by Crippen LogP contribution is -2.27. The first-order valence-electron chi connectivity index (χ1n) is 10.9. The highest BCUT2D eigenvalue weighted by Gasteiger charge is 2.17. The molecule has 3 aromatic carbocycles. The van der Waals surface area contributed by atoms with Crippen molar-refractivity contribution in [2.24, 2.45) is 0 Å². The van der Waals surface area contributed by atoms with Crippen molar-refractivity contribution in [3.8, 4) is 17.1 Å². The molecule has 1 heterocycles. The molecule has 0 radical (unpaired) electrons. The average molecular weight is 459 g/mol. The number of para-hydroxylation sites is 1. The Labute approximate surface area is 198 Å². The molecule has 168 valence electrons. The fourth-order valence-electron chi connectivity index (χ4n) is 3.29. The van der Waals surface area contributed by atoms with Crippen LogP contribution in [0, 0.1) is 0 Å². The van der Waals surface area contributed by atoms with E-state index in [1.165, 1.54) is 11.8 Å². The van der Waals surface area contributed by atoms with E-state index in [0.29, 0.717) is 24.9 Å². The molecule has 0 saturated carbocycles. The molecule has 1 aromatic heterocycles. The van der Waals surface area contributed by atoms with Crippen LogP contribution in [0.4, 0.5) is 0 Å². The van der Waals surface area contributed by atoms with Gasteiger partial charge in [-0.1, -0.05) is 90.6 Å². The molecule has 1 amide bonds. The SMILES string of the molecule is O=C(CSc1nnc(-c2ccccc2)n1-c1ccccc1)NCCCOCc1ccccc1. The van der Waals surface area contributed by atoms with E-state index < -0.39 is 0 Å². The Kier molecular flexibility index (Phi) is 8.27. The van der Waals surface area contributed by atoms with E-state index >= 15 is 0 Å². The number of nitrogens with one attached hydrogen (secondary N) is 1. The summed E-state index contributed by atoms with van der Waals surface area (Å²) in [7, 11) is 0. The molecular weight excluding hydrogens is 432 g/mol. The number of ether oxygens (including phenoxy) is 1. The Morgan fingerprint density at radius 2 is 1.55 bits per heavy atom. The third kappa shape index (κ3) is 6.54. The average Bonchev–Trinajstić information content (AvgIpc) is 3.30. The first-order chi connectivity index (χ1) is 16.3. The monoisotopic (exact) mass is 458 g/mol. The molecule has 0 spiro atoms. The third-order valence-electron chi connectivity index (χ3n) is 4.91. The number of benzene rings is 3. The zero-order valence-electron chi connectivity index (χ0n) is 18.3.